The number of hydrogen-bond donors (Lipinski definition) is 1. The lowest BCUT2D eigenvalue weighted by molar-refractivity contribution is 0.0528. The topological polar surface area (TPSA) is 98.1 Å². The van der Waals surface area contributed by atoms with Gasteiger partial charge in [-0.2, -0.15) is 0 Å². The van der Waals surface area contributed by atoms with Crippen LogP contribution < -0.4 is 5.32 Å². The van der Waals surface area contributed by atoms with Gasteiger partial charge in [-0.15, -0.1) is 5.10 Å². The van der Waals surface area contributed by atoms with E-state index in [1.54, 1.807) is 4.68 Å². The molecule has 1 N–H and O–H groups in total. The fourth-order valence-corrected chi connectivity index (χ4v) is 3.77. The molecule has 3 aromatic heterocycles. The molecular weight excluding hydrogens is 466 g/mol. The molecule has 0 fully saturated rings. The van der Waals surface area contributed by atoms with E-state index in [0.717, 1.165) is 28.3 Å². The summed E-state index contributed by atoms with van der Waals surface area (Å²) in [5.41, 5.74) is 4.36. The largest absolute Gasteiger partial charge is 0.444 e. The van der Waals surface area contributed by atoms with E-state index in [4.69, 9.17) is 4.74 Å². The number of carbonyl (C=O) groups is 1. The number of hydrogen-bond acceptors (Lipinski definition) is 7. The number of aromatic nitrogens is 5. The van der Waals surface area contributed by atoms with Gasteiger partial charge in [-0.1, -0.05) is 29.5 Å². The molecule has 0 unspecified atom stereocenters. The van der Waals surface area contributed by atoms with Crippen LogP contribution in [0.15, 0.2) is 79.3 Å². The predicted molar refractivity (Wildman–Crippen MR) is 141 cm³/mol. The Hall–Kier alpha value is -4.11. The molecule has 37 heavy (non-hydrogen) atoms. The van der Waals surface area contributed by atoms with Crippen LogP contribution in [0.3, 0.4) is 0 Å². The number of amides is 1. The van der Waals surface area contributed by atoms with Crippen molar-refractivity contribution in [2.75, 3.05) is 6.54 Å². The molecule has 0 aliphatic heterocycles. The van der Waals surface area contributed by atoms with E-state index in [-0.39, 0.29) is 0 Å². The van der Waals surface area contributed by atoms with Gasteiger partial charge in [-0.3, -0.25) is 14.9 Å². The van der Waals surface area contributed by atoms with Crippen molar-refractivity contribution in [1.82, 2.24) is 35.2 Å². The first-order valence-corrected chi connectivity index (χ1v) is 12.3. The third-order valence-corrected chi connectivity index (χ3v) is 5.43. The lowest BCUT2D eigenvalue weighted by Crippen LogP contribution is -2.33. The van der Waals surface area contributed by atoms with Gasteiger partial charge in [-0.05, 0) is 69.2 Å². The van der Waals surface area contributed by atoms with E-state index in [1.807, 2.05) is 100 Å². The van der Waals surface area contributed by atoms with Gasteiger partial charge in [0.15, 0.2) is 0 Å². The van der Waals surface area contributed by atoms with Gasteiger partial charge in [0.1, 0.15) is 5.60 Å². The fourth-order valence-electron chi connectivity index (χ4n) is 3.77. The van der Waals surface area contributed by atoms with Crippen molar-refractivity contribution in [2.45, 2.75) is 52.4 Å². The predicted octanol–water partition coefficient (Wildman–Crippen LogP) is 4.33. The van der Waals surface area contributed by atoms with Crippen molar-refractivity contribution in [3.63, 3.8) is 0 Å². The number of rotatable bonds is 10. The highest BCUT2D eigenvalue weighted by molar-refractivity contribution is 5.67. The molecule has 3 heterocycles. The summed E-state index contributed by atoms with van der Waals surface area (Å²) in [5, 5.41) is 11.5. The zero-order valence-corrected chi connectivity index (χ0v) is 21.5. The summed E-state index contributed by atoms with van der Waals surface area (Å²) in [7, 11) is 0. The van der Waals surface area contributed by atoms with Gasteiger partial charge in [0, 0.05) is 38.6 Å². The summed E-state index contributed by atoms with van der Waals surface area (Å²) >= 11 is 0. The normalized spacial score (nSPS) is 11.5. The second kappa shape index (κ2) is 12.2. The first-order chi connectivity index (χ1) is 17.8. The molecule has 0 bridgehead atoms. The van der Waals surface area contributed by atoms with Gasteiger partial charge in [-0.25, -0.2) is 9.48 Å². The smallest absolute Gasteiger partial charge is 0.407 e. The van der Waals surface area contributed by atoms with Crippen molar-refractivity contribution in [3.05, 3.63) is 102 Å². The first kappa shape index (κ1) is 26.0. The Morgan fingerprint density at radius 2 is 1.51 bits per heavy atom. The van der Waals surface area contributed by atoms with Crippen LogP contribution in [0, 0.1) is 0 Å². The van der Waals surface area contributed by atoms with E-state index in [1.165, 1.54) is 0 Å². The summed E-state index contributed by atoms with van der Waals surface area (Å²) < 4.78 is 7.05. The Labute approximate surface area is 217 Å². The molecule has 0 aliphatic carbocycles. The number of nitrogens with zero attached hydrogens (tertiary/aromatic N) is 6. The average Bonchev–Trinajstić information content (AvgIpc) is 3.33. The number of benzene rings is 1. The monoisotopic (exact) mass is 499 g/mol. The lowest BCUT2D eigenvalue weighted by atomic mass is 10.1. The van der Waals surface area contributed by atoms with Crippen LogP contribution in [0.1, 0.15) is 43.4 Å². The molecule has 9 nitrogen and oxygen atoms in total. The van der Waals surface area contributed by atoms with E-state index >= 15 is 0 Å². The maximum Gasteiger partial charge on any atom is 0.407 e. The minimum Gasteiger partial charge on any atom is -0.444 e. The number of ether oxygens (including phenoxy) is 1. The standard InChI is InChI=1S/C28H33N7O2/c1-28(2,3)37-27(36)31-17-14-22-10-12-26(13-11-22)35-21-25(32-33-35)20-34(18-23-8-4-6-15-29-23)19-24-9-5-7-16-30-24/h4-13,15-16,21H,14,17-20H2,1-3H3,(H,31,36). The van der Waals surface area contributed by atoms with E-state index < -0.39 is 11.7 Å². The van der Waals surface area contributed by atoms with Crippen molar-refractivity contribution in [1.29, 1.82) is 0 Å². The molecule has 0 aliphatic rings. The zero-order valence-electron chi connectivity index (χ0n) is 21.5. The molecular formula is C28H33N7O2. The number of pyridine rings is 2. The maximum atomic E-state index is 11.8. The highest BCUT2D eigenvalue weighted by Gasteiger charge is 2.16. The second-order valence-electron chi connectivity index (χ2n) is 9.79. The van der Waals surface area contributed by atoms with Crippen LogP contribution >= 0.6 is 0 Å². The van der Waals surface area contributed by atoms with Gasteiger partial charge in [0.25, 0.3) is 0 Å². The van der Waals surface area contributed by atoms with Gasteiger partial charge >= 0.3 is 6.09 Å². The molecule has 4 rings (SSSR count). The number of carbonyl (C=O) groups excluding carboxylic acids is 1. The number of nitrogens with one attached hydrogen (secondary N) is 1. The quantitative estimate of drug-likeness (QED) is 0.347. The van der Waals surface area contributed by atoms with Crippen LogP contribution in [0.4, 0.5) is 4.79 Å². The molecule has 0 spiro atoms. The summed E-state index contributed by atoms with van der Waals surface area (Å²) in [6.45, 7) is 8.01. The molecule has 0 radical (unpaired) electrons. The highest BCUT2D eigenvalue weighted by atomic mass is 16.6. The van der Waals surface area contributed by atoms with Crippen LogP contribution in [-0.4, -0.2) is 48.1 Å². The summed E-state index contributed by atoms with van der Waals surface area (Å²) in [4.78, 5) is 23.0. The van der Waals surface area contributed by atoms with Gasteiger partial charge in [0.05, 0.1) is 29.0 Å². The molecule has 9 heteroatoms. The maximum absolute atomic E-state index is 11.8. The van der Waals surface area contributed by atoms with Crippen molar-refractivity contribution >= 4 is 6.09 Å². The highest BCUT2D eigenvalue weighted by Crippen LogP contribution is 2.14. The van der Waals surface area contributed by atoms with Gasteiger partial charge in [0.2, 0.25) is 0 Å². The van der Waals surface area contributed by atoms with Crippen LogP contribution in [0.2, 0.25) is 0 Å². The van der Waals surface area contributed by atoms with E-state index in [2.05, 4.69) is 30.5 Å². The molecule has 0 saturated heterocycles. The fraction of sp³-hybridized carbons (Fsp3) is 0.321. The van der Waals surface area contributed by atoms with Crippen molar-refractivity contribution < 1.29 is 9.53 Å². The minimum atomic E-state index is -0.504. The third-order valence-electron chi connectivity index (χ3n) is 5.43. The summed E-state index contributed by atoms with van der Waals surface area (Å²) in [6.07, 6.45) is 5.87. The minimum absolute atomic E-state index is 0.403. The van der Waals surface area contributed by atoms with Gasteiger partial charge < -0.3 is 10.1 Å². The van der Waals surface area contributed by atoms with Crippen LogP contribution in [0.5, 0.6) is 0 Å². The molecule has 0 saturated carbocycles. The first-order valence-electron chi connectivity index (χ1n) is 12.3. The van der Waals surface area contributed by atoms with Crippen molar-refractivity contribution in [2.24, 2.45) is 0 Å². The lowest BCUT2D eigenvalue weighted by Gasteiger charge is -2.20. The molecule has 1 aromatic carbocycles. The SMILES string of the molecule is CC(C)(C)OC(=O)NCCc1ccc(-n2cc(CN(Cc3ccccn3)Cc3ccccn3)nn2)cc1. The molecule has 0 atom stereocenters. The van der Waals surface area contributed by atoms with Crippen LogP contribution in [-0.2, 0) is 30.8 Å². The zero-order chi connectivity index (χ0) is 26.1. The molecule has 4 aromatic rings. The third kappa shape index (κ3) is 8.50. The summed E-state index contributed by atoms with van der Waals surface area (Å²) in [5.74, 6) is 0. The second-order valence-corrected chi connectivity index (χ2v) is 9.79. The Morgan fingerprint density at radius 1 is 0.892 bits per heavy atom. The Kier molecular flexibility index (Phi) is 8.58. The van der Waals surface area contributed by atoms with Crippen molar-refractivity contribution in [3.8, 4) is 5.69 Å². The molecule has 1 amide bonds. The van der Waals surface area contributed by atoms with Crippen LogP contribution in [0.25, 0.3) is 5.69 Å². The Morgan fingerprint density at radius 3 is 2.08 bits per heavy atom. The average molecular weight is 500 g/mol. The summed E-state index contributed by atoms with van der Waals surface area (Å²) in [6, 6.07) is 19.9. The Balaban J connectivity index is 1.36. The van der Waals surface area contributed by atoms with E-state index in [0.29, 0.717) is 32.6 Å². The molecule has 192 valence electrons. The van der Waals surface area contributed by atoms with E-state index in [9.17, 15) is 4.79 Å². The Bertz CT molecular complexity index is 1210. The number of alkyl carbamates (subject to hydrolysis) is 1.